The molecule has 0 radical (unpaired) electrons. The van der Waals surface area contributed by atoms with E-state index in [2.05, 4.69) is 5.32 Å². The van der Waals surface area contributed by atoms with E-state index >= 15 is 0 Å². The minimum Gasteiger partial charge on any atom is -0.338 e. The molecule has 2 aromatic carbocycles. The lowest BCUT2D eigenvalue weighted by molar-refractivity contribution is -0.140. The number of carbonyl (C=O) groups is 2. The van der Waals surface area contributed by atoms with E-state index in [4.69, 9.17) is 0 Å². The molecule has 1 fully saturated rings. The summed E-state index contributed by atoms with van der Waals surface area (Å²) in [6.07, 6.45) is 0.762. The van der Waals surface area contributed by atoms with E-state index in [1.165, 1.54) is 12.1 Å². The predicted octanol–water partition coefficient (Wildman–Crippen LogP) is 3.37. The molecule has 0 saturated carbocycles. The average molecular weight is 326 g/mol. The Hall–Kier alpha value is -2.69. The molecule has 124 valence electrons. The van der Waals surface area contributed by atoms with Crippen LogP contribution in [-0.2, 0) is 9.59 Å². The smallest absolute Gasteiger partial charge is 0.230 e. The molecule has 2 amide bonds. The third-order valence-electron chi connectivity index (χ3n) is 4.47. The Morgan fingerprint density at radius 1 is 1.12 bits per heavy atom. The van der Waals surface area contributed by atoms with Crippen molar-refractivity contribution in [1.29, 1.82) is 0 Å². The third-order valence-corrected chi connectivity index (χ3v) is 4.47. The predicted molar refractivity (Wildman–Crippen MR) is 89.7 cm³/mol. The van der Waals surface area contributed by atoms with Crippen molar-refractivity contribution in [3.8, 4) is 0 Å². The van der Waals surface area contributed by atoms with Gasteiger partial charge in [-0.25, -0.2) is 4.39 Å². The van der Waals surface area contributed by atoms with Gasteiger partial charge in [0.15, 0.2) is 0 Å². The van der Waals surface area contributed by atoms with Crippen LogP contribution in [0.1, 0.15) is 24.4 Å². The van der Waals surface area contributed by atoms with E-state index in [-0.39, 0.29) is 23.5 Å². The van der Waals surface area contributed by atoms with Crippen molar-refractivity contribution in [3.63, 3.8) is 0 Å². The van der Waals surface area contributed by atoms with E-state index in [1.54, 1.807) is 24.1 Å². The number of carbonyl (C=O) groups excluding carboxylic acids is 2. The fourth-order valence-corrected chi connectivity index (χ4v) is 3.21. The first kappa shape index (κ1) is 16.2. The van der Waals surface area contributed by atoms with Crippen molar-refractivity contribution in [2.75, 3.05) is 12.4 Å². The lowest BCUT2D eigenvalue weighted by atomic mass is 9.84. The summed E-state index contributed by atoms with van der Waals surface area (Å²) in [5.41, 5.74) is 1.07. The number of nitrogens with one attached hydrogen (secondary N) is 1. The summed E-state index contributed by atoms with van der Waals surface area (Å²) in [5, 5.41) is 2.66. The summed E-state index contributed by atoms with van der Waals surface area (Å²) in [4.78, 5) is 26.4. The molecule has 24 heavy (non-hydrogen) atoms. The molecular formula is C19H19FN2O2. The van der Waals surface area contributed by atoms with Crippen molar-refractivity contribution in [1.82, 2.24) is 4.90 Å². The van der Waals surface area contributed by atoms with Crippen molar-refractivity contribution in [2.24, 2.45) is 5.92 Å². The number of para-hydroxylation sites is 1. The first-order valence-corrected chi connectivity index (χ1v) is 7.94. The second-order valence-electron chi connectivity index (χ2n) is 5.97. The topological polar surface area (TPSA) is 49.4 Å². The molecule has 1 aliphatic rings. The van der Waals surface area contributed by atoms with Crippen molar-refractivity contribution >= 4 is 17.5 Å². The molecule has 0 spiro atoms. The zero-order valence-corrected chi connectivity index (χ0v) is 13.4. The first-order chi connectivity index (χ1) is 11.6. The molecule has 1 N–H and O–H groups in total. The summed E-state index contributed by atoms with van der Waals surface area (Å²) in [6.45, 7) is 0. The van der Waals surface area contributed by atoms with Crippen LogP contribution >= 0.6 is 0 Å². The van der Waals surface area contributed by atoms with Crippen LogP contribution in [0.25, 0.3) is 0 Å². The van der Waals surface area contributed by atoms with Gasteiger partial charge in [0.05, 0.1) is 17.6 Å². The minimum absolute atomic E-state index is 0.0128. The SMILES string of the molecule is CN1C(=O)CC[C@H](C(=O)Nc2ccccc2F)[C@H]1c1ccccc1. The van der Waals surface area contributed by atoms with Crippen molar-refractivity contribution in [3.05, 3.63) is 66.0 Å². The van der Waals surface area contributed by atoms with Gasteiger partial charge >= 0.3 is 0 Å². The molecule has 0 unspecified atom stereocenters. The van der Waals surface area contributed by atoms with Gasteiger partial charge in [0.25, 0.3) is 0 Å². The Kier molecular flexibility index (Phi) is 4.60. The monoisotopic (exact) mass is 326 g/mol. The van der Waals surface area contributed by atoms with E-state index in [9.17, 15) is 14.0 Å². The van der Waals surface area contributed by atoms with E-state index < -0.39 is 11.7 Å². The number of benzene rings is 2. The standard InChI is InChI=1S/C19H19FN2O2/c1-22-17(23)12-11-14(18(22)13-7-3-2-4-8-13)19(24)21-16-10-6-5-9-15(16)20/h2-10,14,18H,11-12H2,1H3,(H,21,24)/t14-,18+/m0/s1. The number of amides is 2. The van der Waals surface area contributed by atoms with Crippen LogP contribution in [0.15, 0.2) is 54.6 Å². The van der Waals surface area contributed by atoms with Crippen molar-refractivity contribution in [2.45, 2.75) is 18.9 Å². The number of piperidine rings is 1. The maximum absolute atomic E-state index is 13.8. The molecule has 0 bridgehead atoms. The maximum Gasteiger partial charge on any atom is 0.230 e. The number of nitrogens with zero attached hydrogens (tertiary/aromatic N) is 1. The highest BCUT2D eigenvalue weighted by molar-refractivity contribution is 5.94. The molecule has 4 nitrogen and oxygen atoms in total. The van der Waals surface area contributed by atoms with Gasteiger partial charge in [-0.2, -0.15) is 0 Å². The molecule has 1 saturated heterocycles. The van der Waals surface area contributed by atoms with Gasteiger partial charge in [-0.1, -0.05) is 42.5 Å². The Labute approximate surface area is 140 Å². The highest BCUT2D eigenvalue weighted by Crippen LogP contribution is 2.36. The van der Waals surface area contributed by atoms with E-state index in [0.717, 1.165) is 5.56 Å². The van der Waals surface area contributed by atoms with Crippen LogP contribution in [-0.4, -0.2) is 23.8 Å². The van der Waals surface area contributed by atoms with Crippen LogP contribution in [0, 0.1) is 11.7 Å². The van der Waals surface area contributed by atoms with Gasteiger partial charge in [-0.05, 0) is 24.1 Å². The zero-order valence-electron chi connectivity index (χ0n) is 13.4. The average Bonchev–Trinajstić information content (AvgIpc) is 2.60. The number of likely N-dealkylation sites (tertiary alicyclic amines) is 1. The van der Waals surface area contributed by atoms with Gasteiger partial charge in [-0.15, -0.1) is 0 Å². The second-order valence-corrected chi connectivity index (χ2v) is 5.97. The first-order valence-electron chi connectivity index (χ1n) is 7.94. The maximum atomic E-state index is 13.8. The van der Waals surface area contributed by atoms with Crippen LogP contribution in [0.2, 0.25) is 0 Å². The number of hydrogen-bond acceptors (Lipinski definition) is 2. The zero-order chi connectivity index (χ0) is 17.1. The molecular weight excluding hydrogens is 307 g/mol. The molecule has 3 rings (SSSR count). The van der Waals surface area contributed by atoms with Crippen LogP contribution in [0.4, 0.5) is 10.1 Å². The molecule has 0 aromatic heterocycles. The van der Waals surface area contributed by atoms with Crippen molar-refractivity contribution < 1.29 is 14.0 Å². The Balaban J connectivity index is 1.88. The number of halogens is 1. The normalized spacial score (nSPS) is 20.8. The van der Waals surface area contributed by atoms with Crippen LogP contribution in [0.3, 0.4) is 0 Å². The Morgan fingerprint density at radius 2 is 1.79 bits per heavy atom. The Bertz CT molecular complexity index is 748. The minimum atomic E-state index is -0.470. The Morgan fingerprint density at radius 3 is 2.50 bits per heavy atom. The van der Waals surface area contributed by atoms with Gasteiger partial charge in [0.2, 0.25) is 11.8 Å². The largest absolute Gasteiger partial charge is 0.338 e. The second kappa shape index (κ2) is 6.83. The van der Waals surface area contributed by atoms with Gasteiger partial charge in [-0.3, -0.25) is 9.59 Å². The summed E-state index contributed by atoms with van der Waals surface area (Å²) >= 11 is 0. The number of hydrogen-bond donors (Lipinski definition) is 1. The fraction of sp³-hybridized carbons (Fsp3) is 0.263. The van der Waals surface area contributed by atoms with Gasteiger partial charge in [0, 0.05) is 13.5 Å². The highest BCUT2D eigenvalue weighted by atomic mass is 19.1. The third kappa shape index (κ3) is 3.15. The lowest BCUT2D eigenvalue weighted by Crippen LogP contribution is -2.44. The molecule has 2 atom stereocenters. The molecule has 1 heterocycles. The molecule has 1 aliphatic heterocycles. The summed E-state index contributed by atoms with van der Waals surface area (Å²) in [6, 6.07) is 15.2. The van der Waals surface area contributed by atoms with E-state index in [0.29, 0.717) is 12.8 Å². The summed E-state index contributed by atoms with van der Waals surface area (Å²) in [5.74, 6) is -1.15. The van der Waals surface area contributed by atoms with E-state index in [1.807, 2.05) is 30.3 Å². The number of anilines is 1. The van der Waals surface area contributed by atoms with Crippen LogP contribution in [0.5, 0.6) is 0 Å². The summed E-state index contributed by atoms with van der Waals surface area (Å²) < 4.78 is 13.8. The van der Waals surface area contributed by atoms with Gasteiger partial charge in [0.1, 0.15) is 5.82 Å². The highest BCUT2D eigenvalue weighted by Gasteiger charge is 2.38. The van der Waals surface area contributed by atoms with Crippen LogP contribution < -0.4 is 5.32 Å². The quantitative estimate of drug-likeness (QED) is 0.940. The molecule has 2 aromatic rings. The molecule has 0 aliphatic carbocycles. The molecule has 5 heteroatoms. The van der Waals surface area contributed by atoms with Gasteiger partial charge < -0.3 is 10.2 Å². The lowest BCUT2D eigenvalue weighted by Gasteiger charge is -2.38. The summed E-state index contributed by atoms with van der Waals surface area (Å²) in [7, 11) is 1.71. The fourth-order valence-electron chi connectivity index (χ4n) is 3.21. The number of rotatable bonds is 3.